The Hall–Kier alpha value is -3.80. The van der Waals surface area contributed by atoms with Crippen LogP contribution in [0.15, 0.2) is 36.4 Å². The molecule has 3 heterocycles. The van der Waals surface area contributed by atoms with Gasteiger partial charge in [-0.15, -0.1) is 5.10 Å². The van der Waals surface area contributed by atoms with E-state index in [1.54, 1.807) is 12.1 Å². The minimum Gasteiger partial charge on any atom is -0.436 e. The number of piperidine rings is 1. The average Bonchev–Trinajstić information content (AvgIpc) is 3.29. The Balaban J connectivity index is 1.35. The number of carbonyl (C=O) groups is 2. The average molecular weight is 522 g/mol. The van der Waals surface area contributed by atoms with Crippen LogP contribution >= 0.6 is 11.6 Å². The van der Waals surface area contributed by atoms with Gasteiger partial charge < -0.3 is 14.4 Å². The van der Waals surface area contributed by atoms with Gasteiger partial charge >= 0.3 is 12.7 Å². The van der Waals surface area contributed by atoms with E-state index in [1.165, 1.54) is 29.2 Å². The summed E-state index contributed by atoms with van der Waals surface area (Å²) >= 11 is 5.99. The number of carbonyl (C=O) groups excluding carboxylic acids is 2. The van der Waals surface area contributed by atoms with Crippen LogP contribution in [0.5, 0.6) is 5.75 Å². The van der Waals surface area contributed by atoms with Crippen LogP contribution in [0.4, 0.5) is 23.7 Å². The first-order valence-electron chi connectivity index (χ1n) is 11.0. The lowest BCUT2D eigenvalue weighted by molar-refractivity contribution is -0.0499. The van der Waals surface area contributed by atoms with Crippen molar-refractivity contribution in [3.05, 3.63) is 70.0 Å². The summed E-state index contributed by atoms with van der Waals surface area (Å²) in [7, 11) is 0. The molecule has 2 N–H and O–H groups in total. The number of aromatic amines is 1. The van der Waals surface area contributed by atoms with E-state index in [1.807, 2.05) is 0 Å². The molecule has 1 fully saturated rings. The summed E-state index contributed by atoms with van der Waals surface area (Å²) in [5.74, 6) is -1.06. The molecule has 5 rings (SSSR count). The molecule has 2 aliphatic heterocycles. The summed E-state index contributed by atoms with van der Waals surface area (Å²) < 4.78 is 50.0. The van der Waals surface area contributed by atoms with E-state index in [0.717, 1.165) is 0 Å². The summed E-state index contributed by atoms with van der Waals surface area (Å²) in [5.41, 5.74) is -0.467. The first-order valence-corrected chi connectivity index (χ1v) is 11.3. The van der Waals surface area contributed by atoms with Gasteiger partial charge in [0.1, 0.15) is 11.6 Å². The smallest absolute Gasteiger partial charge is 0.412 e. The summed E-state index contributed by atoms with van der Waals surface area (Å²) in [6.07, 6.45) is 0.158. The topological polar surface area (TPSA) is 109 Å². The van der Waals surface area contributed by atoms with Gasteiger partial charge in [-0.25, -0.2) is 14.2 Å². The maximum Gasteiger partial charge on any atom is 0.412 e. The molecule has 0 aliphatic carbocycles. The van der Waals surface area contributed by atoms with Gasteiger partial charge in [-0.1, -0.05) is 23.7 Å². The predicted octanol–water partition coefficient (Wildman–Crippen LogP) is 4.48. The number of hydrogen-bond donors (Lipinski definition) is 2. The van der Waals surface area contributed by atoms with Gasteiger partial charge in [0, 0.05) is 13.0 Å². The van der Waals surface area contributed by atoms with Crippen LogP contribution in [0, 0.1) is 5.82 Å². The zero-order valence-corrected chi connectivity index (χ0v) is 19.3. The highest BCUT2D eigenvalue weighted by atomic mass is 35.5. The zero-order valence-electron chi connectivity index (χ0n) is 18.6. The fraction of sp³-hybridized carbons (Fsp3) is 0.304. The second-order valence-corrected chi connectivity index (χ2v) is 8.84. The predicted molar refractivity (Wildman–Crippen MR) is 121 cm³/mol. The van der Waals surface area contributed by atoms with Crippen LogP contribution < -0.4 is 10.1 Å². The van der Waals surface area contributed by atoms with E-state index in [9.17, 15) is 18.4 Å². The molecule has 2 aliphatic rings. The third kappa shape index (κ3) is 4.55. The monoisotopic (exact) mass is 521 g/mol. The van der Waals surface area contributed by atoms with E-state index in [0.29, 0.717) is 30.8 Å². The van der Waals surface area contributed by atoms with Gasteiger partial charge in [-0.05, 0) is 42.7 Å². The van der Waals surface area contributed by atoms with Crippen molar-refractivity contribution in [1.29, 1.82) is 0 Å². The number of nitrogens with one attached hydrogen (secondary N) is 2. The SMILES string of the molecule is O=C1Nc2ccc(Cl)c(F)c2[C@@]2(CCCN(C(=O)c3n[nH]c(Cc4cccc(OC(F)F)c4)n3)C2)O1. The lowest BCUT2D eigenvalue weighted by Gasteiger charge is -2.44. The van der Waals surface area contributed by atoms with E-state index < -0.39 is 30.0 Å². The lowest BCUT2D eigenvalue weighted by atomic mass is 9.83. The molecule has 2 amide bonds. The maximum atomic E-state index is 15.1. The van der Waals surface area contributed by atoms with Crippen molar-refractivity contribution >= 4 is 29.3 Å². The number of anilines is 1. The van der Waals surface area contributed by atoms with Crippen molar-refractivity contribution in [2.24, 2.45) is 0 Å². The minimum absolute atomic E-state index is 0.000987. The number of benzene rings is 2. The van der Waals surface area contributed by atoms with Crippen molar-refractivity contribution in [3.63, 3.8) is 0 Å². The number of nitrogens with zero attached hydrogens (tertiary/aromatic N) is 3. The van der Waals surface area contributed by atoms with Gasteiger partial charge in [-0.3, -0.25) is 15.2 Å². The molecular formula is C23H19ClF3N5O4. The Bertz CT molecular complexity index is 1340. The third-order valence-corrected chi connectivity index (χ3v) is 6.33. The Kier molecular flexibility index (Phi) is 6.20. The highest BCUT2D eigenvalue weighted by molar-refractivity contribution is 6.31. The number of amides is 2. The summed E-state index contributed by atoms with van der Waals surface area (Å²) in [4.78, 5) is 31.1. The zero-order chi connectivity index (χ0) is 25.4. The molecule has 1 atom stereocenters. The minimum atomic E-state index is -2.95. The van der Waals surface area contributed by atoms with E-state index in [-0.39, 0.29) is 40.8 Å². The number of fused-ring (bicyclic) bond motifs is 2. The Morgan fingerprint density at radius 1 is 1.31 bits per heavy atom. The molecule has 0 radical (unpaired) electrons. The van der Waals surface area contributed by atoms with Crippen molar-refractivity contribution < 1.29 is 32.2 Å². The molecular weight excluding hydrogens is 503 g/mol. The van der Waals surface area contributed by atoms with E-state index in [4.69, 9.17) is 16.3 Å². The molecule has 1 saturated heterocycles. The molecule has 0 saturated carbocycles. The molecule has 0 bridgehead atoms. The summed E-state index contributed by atoms with van der Waals surface area (Å²) in [5, 5.41) is 9.01. The molecule has 3 aromatic rings. The Morgan fingerprint density at radius 3 is 2.94 bits per heavy atom. The van der Waals surface area contributed by atoms with Gasteiger partial charge in [0.2, 0.25) is 5.82 Å². The first-order chi connectivity index (χ1) is 17.2. The second kappa shape index (κ2) is 9.34. The highest BCUT2D eigenvalue weighted by Crippen LogP contribution is 2.45. The molecule has 0 unspecified atom stereocenters. The van der Waals surface area contributed by atoms with Crippen molar-refractivity contribution in [2.75, 3.05) is 18.4 Å². The molecule has 13 heteroatoms. The van der Waals surface area contributed by atoms with E-state index in [2.05, 4.69) is 25.2 Å². The van der Waals surface area contributed by atoms with Crippen molar-refractivity contribution in [1.82, 2.24) is 20.1 Å². The summed E-state index contributed by atoms with van der Waals surface area (Å²) in [6.45, 7) is -2.74. The molecule has 2 aromatic carbocycles. The number of hydrogen-bond acceptors (Lipinski definition) is 6. The van der Waals surface area contributed by atoms with Crippen LogP contribution in [0.25, 0.3) is 0 Å². The largest absolute Gasteiger partial charge is 0.436 e. The molecule has 9 nitrogen and oxygen atoms in total. The van der Waals surface area contributed by atoms with Gasteiger partial charge in [0.05, 0.1) is 22.8 Å². The quantitative estimate of drug-likeness (QED) is 0.512. The number of likely N-dealkylation sites (tertiary alicyclic amines) is 1. The van der Waals surface area contributed by atoms with Crippen LogP contribution in [0.1, 0.15) is 40.4 Å². The first kappa shape index (κ1) is 23.9. The second-order valence-electron chi connectivity index (χ2n) is 8.43. The normalized spacial score (nSPS) is 19.1. The number of alkyl halides is 2. The number of rotatable bonds is 5. The molecule has 188 valence electrons. The van der Waals surface area contributed by atoms with Crippen LogP contribution in [0.3, 0.4) is 0 Å². The van der Waals surface area contributed by atoms with Crippen LogP contribution in [-0.4, -0.2) is 51.8 Å². The third-order valence-electron chi connectivity index (χ3n) is 6.04. The molecule has 36 heavy (non-hydrogen) atoms. The van der Waals surface area contributed by atoms with E-state index >= 15 is 4.39 Å². The van der Waals surface area contributed by atoms with Crippen molar-refractivity contribution in [2.45, 2.75) is 31.5 Å². The highest BCUT2D eigenvalue weighted by Gasteiger charge is 2.49. The standard InChI is InChI=1S/C23H19ClF3N5O4/c24-14-5-6-15-17(18(14)25)23(36-22(34)28-15)7-2-8-32(11-23)20(33)19-29-16(30-31-19)10-12-3-1-4-13(9-12)35-21(26)27/h1,3-6,9,21H,2,7-8,10-11H2,(H,28,34)(H,29,30,31)/t23-/m0/s1. The van der Waals surface area contributed by atoms with Crippen LogP contribution in [-0.2, 0) is 16.8 Å². The number of ether oxygens (including phenoxy) is 2. The van der Waals surface area contributed by atoms with Gasteiger partial charge in [0.25, 0.3) is 5.91 Å². The number of H-pyrrole nitrogens is 1. The number of halogens is 4. The Labute approximate surface area is 207 Å². The molecule has 1 spiro atoms. The van der Waals surface area contributed by atoms with Gasteiger partial charge in [0.15, 0.2) is 11.4 Å². The van der Waals surface area contributed by atoms with Gasteiger partial charge in [-0.2, -0.15) is 8.78 Å². The Morgan fingerprint density at radius 2 is 2.14 bits per heavy atom. The molecule has 1 aromatic heterocycles. The fourth-order valence-electron chi connectivity index (χ4n) is 4.58. The summed E-state index contributed by atoms with van der Waals surface area (Å²) in [6, 6.07) is 8.93. The van der Waals surface area contributed by atoms with Crippen LogP contribution in [0.2, 0.25) is 5.02 Å². The maximum absolute atomic E-state index is 15.1. The lowest BCUT2D eigenvalue weighted by Crippen LogP contribution is -2.53. The number of aromatic nitrogens is 3. The fourth-order valence-corrected chi connectivity index (χ4v) is 4.74. The van der Waals surface area contributed by atoms with Crippen molar-refractivity contribution in [3.8, 4) is 5.75 Å².